The Hall–Kier alpha value is -1.56. The van der Waals surface area contributed by atoms with Crippen molar-refractivity contribution >= 4 is 5.91 Å². The lowest BCUT2D eigenvalue weighted by Gasteiger charge is -2.06. The molecule has 0 atom stereocenters. The molecular formula is C11H20N4O2. The van der Waals surface area contributed by atoms with Gasteiger partial charge in [-0.2, -0.15) is 5.10 Å². The molecule has 0 aliphatic heterocycles. The van der Waals surface area contributed by atoms with Crippen LogP contribution >= 0.6 is 0 Å². The average Bonchev–Trinajstić information content (AvgIpc) is 2.54. The Morgan fingerprint density at radius 1 is 1.47 bits per heavy atom. The number of amides is 1. The zero-order valence-corrected chi connectivity index (χ0v) is 10.6. The number of hydrazine groups is 1. The summed E-state index contributed by atoms with van der Waals surface area (Å²) in [5, 5.41) is 4.26. The van der Waals surface area contributed by atoms with E-state index in [2.05, 4.69) is 10.5 Å². The van der Waals surface area contributed by atoms with Crippen molar-refractivity contribution in [3.63, 3.8) is 0 Å². The van der Waals surface area contributed by atoms with E-state index in [1.165, 1.54) is 0 Å². The maximum absolute atomic E-state index is 10.9. The number of aromatic nitrogens is 2. The zero-order chi connectivity index (χ0) is 12.8. The molecule has 0 saturated heterocycles. The Balaban J connectivity index is 2.29. The lowest BCUT2D eigenvalue weighted by atomic mass is 10.2. The SMILES string of the molecule is Cc1nn(C)c(C)c1OCCCCC(=O)NN. The van der Waals surface area contributed by atoms with Gasteiger partial charge in [-0.05, 0) is 26.7 Å². The summed E-state index contributed by atoms with van der Waals surface area (Å²) in [6.45, 7) is 4.48. The summed E-state index contributed by atoms with van der Waals surface area (Å²) in [5.74, 6) is 5.68. The monoisotopic (exact) mass is 240 g/mol. The molecule has 1 aromatic heterocycles. The van der Waals surface area contributed by atoms with Gasteiger partial charge in [0.15, 0.2) is 5.75 Å². The Labute approximate surface area is 101 Å². The highest BCUT2D eigenvalue weighted by molar-refractivity contribution is 5.75. The molecule has 0 bridgehead atoms. The largest absolute Gasteiger partial charge is 0.490 e. The van der Waals surface area contributed by atoms with Crippen LogP contribution in [0.15, 0.2) is 0 Å². The molecule has 1 amide bonds. The van der Waals surface area contributed by atoms with Gasteiger partial charge in [0, 0.05) is 13.5 Å². The summed E-state index contributed by atoms with van der Waals surface area (Å²) in [4.78, 5) is 10.9. The minimum atomic E-state index is -0.140. The number of carbonyl (C=O) groups excluding carboxylic acids is 1. The van der Waals surface area contributed by atoms with Crippen LogP contribution in [0.5, 0.6) is 5.75 Å². The van der Waals surface area contributed by atoms with Crippen molar-refractivity contribution in [3.05, 3.63) is 11.4 Å². The molecule has 0 radical (unpaired) electrons. The molecule has 0 aliphatic carbocycles. The van der Waals surface area contributed by atoms with Crippen molar-refractivity contribution < 1.29 is 9.53 Å². The number of nitrogens with two attached hydrogens (primary N) is 1. The van der Waals surface area contributed by atoms with Crippen LogP contribution < -0.4 is 16.0 Å². The highest BCUT2D eigenvalue weighted by Crippen LogP contribution is 2.21. The van der Waals surface area contributed by atoms with Gasteiger partial charge in [0.25, 0.3) is 0 Å². The van der Waals surface area contributed by atoms with Crippen LogP contribution in [-0.4, -0.2) is 22.3 Å². The molecule has 0 aromatic carbocycles. The maximum atomic E-state index is 10.9. The van der Waals surface area contributed by atoms with E-state index < -0.39 is 0 Å². The van der Waals surface area contributed by atoms with Gasteiger partial charge in [-0.1, -0.05) is 0 Å². The summed E-state index contributed by atoms with van der Waals surface area (Å²) in [6.07, 6.45) is 2.02. The molecule has 1 aromatic rings. The molecule has 6 heteroatoms. The van der Waals surface area contributed by atoms with Gasteiger partial charge >= 0.3 is 0 Å². The minimum absolute atomic E-state index is 0.140. The fraction of sp³-hybridized carbons (Fsp3) is 0.636. The number of hydrogen-bond acceptors (Lipinski definition) is 4. The number of carbonyl (C=O) groups is 1. The molecule has 0 fully saturated rings. The minimum Gasteiger partial charge on any atom is -0.490 e. The fourth-order valence-corrected chi connectivity index (χ4v) is 1.60. The number of hydrogen-bond donors (Lipinski definition) is 2. The second kappa shape index (κ2) is 6.24. The third kappa shape index (κ3) is 3.74. The molecule has 3 N–H and O–H groups in total. The van der Waals surface area contributed by atoms with Crippen LogP contribution in [0.1, 0.15) is 30.7 Å². The number of ether oxygens (including phenoxy) is 1. The second-order valence-electron chi connectivity index (χ2n) is 4.00. The molecule has 0 spiro atoms. The Morgan fingerprint density at radius 3 is 2.71 bits per heavy atom. The van der Waals surface area contributed by atoms with Crippen molar-refractivity contribution in [1.29, 1.82) is 0 Å². The molecule has 17 heavy (non-hydrogen) atoms. The van der Waals surface area contributed by atoms with E-state index in [4.69, 9.17) is 10.6 Å². The van der Waals surface area contributed by atoms with Gasteiger partial charge in [-0.15, -0.1) is 0 Å². The van der Waals surface area contributed by atoms with Gasteiger partial charge in [0.05, 0.1) is 12.3 Å². The van der Waals surface area contributed by atoms with Crippen LogP contribution in [0.25, 0.3) is 0 Å². The zero-order valence-electron chi connectivity index (χ0n) is 10.6. The van der Waals surface area contributed by atoms with E-state index in [0.29, 0.717) is 13.0 Å². The smallest absolute Gasteiger partial charge is 0.233 e. The fourth-order valence-electron chi connectivity index (χ4n) is 1.60. The molecule has 0 saturated carbocycles. The van der Waals surface area contributed by atoms with Crippen LogP contribution in [0, 0.1) is 13.8 Å². The molecule has 6 nitrogen and oxygen atoms in total. The number of rotatable bonds is 6. The van der Waals surface area contributed by atoms with Gasteiger partial charge < -0.3 is 4.74 Å². The molecule has 1 heterocycles. The summed E-state index contributed by atoms with van der Waals surface area (Å²) in [6, 6.07) is 0. The number of nitrogens with one attached hydrogen (secondary N) is 1. The van der Waals surface area contributed by atoms with Gasteiger partial charge in [0.2, 0.25) is 5.91 Å². The number of unbranched alkanes of at least 4 members (excludes halogenated alkanes) is 1. The summed E-state index contributed by atoms with van der Waals surface area (Å²) in [7, 11) is 1.89. The molecule has 1 rings (SSSR count). The first-order chi connectivity index (χ1) is 8.06. The third-order valence-electron chi connectivity index (χ3n) is 2.65. The highest BCUT2D eigenvalue weighted by Gasteiger charge is 2.10. The van der Waals surface area contributed by atoms with Crippen LogP contribution in [0.3, 0.4) is 0 Å². The first-order valence-corrected chi connectivity index (χ1v) is 5.68. The standard InChI is InChI=1S/C11H20N4O2/c1-8-11(9(2)15(3)14-8)17-7-5-4-6-10(16)13-12/h4-7,12H2,1-3H3,(H,13,16). The van der Waals surface area contributed by atoms with Crippen molar-refractivity contribution in [2.45, 2.75) is 33.1 Å². The Bertz CT molecular complexity index is 387. The average molecular weight is 240 g/mol. The molecule has 0 aliphatic rings. The second-order valence-corrected chi connectivity index (χ2v) is 4.00. The van der Waals surface area contributed by atoms with Gasteiger partial charge in [0.1, 0.15) is 5.69 Å². The third-order valence-corrected chi connectivity index (χ3v) is 2.65. The number of aryl methyl sites for hydroxylation is 2. The van der Waals surface area contributed by atoms with E-state index in [1.54, 1.807) is 4.68 Å². The Kier molecular flexibility index (Phi) is 4.96. The van der Waals surface area contributed by atoms with Crippen LogP contribution in [-0.2, 0) is 11.8 Å². The van der Waals surface area contributed by atoms with Crippen molar-refractivity contribution in [2.24, 2.45) is 12.9 Å². The summed E-state index contributed by atoms with van der Waals surface area (Å²) < 4.78 is 7.46. The normalized spacial score (nSPS) is 10.4. The lowest BCUT2D eigenvalue weighted by molar-refractivity contribution is -0.121. The predicted molar refractivity (Wildman–Crippen MR) is 64.4 cm³/mol. The van der Waals surface area contributed by atoms with Crippen LogP contribution in [0.4, 0.5) is 0 Å². The quantitative estimate of drug-likeness (QED) is 0.330. The highest BCUT2D eigenvalue weighted by atomic mass is 16.5. The van der Waals surface area contributed by atoms with Gasteiger partial charge in [-0.25, -0.2) is 5.84 Å². The van der Waals surface area contributed by atoms with Gasteiger partial charge in [-0.3, -0.25) is 14.9 Å². The summed E-state index contributed by atoms with van der Waals surface area (Å²) >= 11 is 0. The molecule has 96 valence electrons. The van der Waals surface area contributed by atoms with Crippen molar-refractivity contribution in [1.82, 2.24) is 15.2 Å². The molecule has 0 unspecified atom stereocenters. The first-order valence-electron chi connectivity index (χ1n) is 5.68. The van der Waals surface area contributed by atoms with E-state index in [9.17, 15) is 4.79 Å². The van der Waals surface area contributed by atoms with E-state index in [0.717, 1.165) is 30.0 Å². The Morgan fingerprint density at radius 2 is 2.18 bits per heavy atom. The van der Waals surface area contributed by atoms with E-state index >= 15 is 0 Å². The molecular weight excluding hydrogens is 220 g/mol. The maximum Gasteiger partial charge on any atom is 0.233 e. The summed E-state index contributed by atoms with van der Waals surface area (Å²) in [5.41, 5.74) is 4.01. The number of nitrogens with zero attached hydrogens (tertiary/aromatic N) is 2. The van der Waals surface area contributed by atoms with E-state index in [-0.39, 0.29) is 5.91 Å². The lowest BCUT2D eigenvalue weighted by Crippen LogP contribution is -2.29. The van der Waals surface area contributed by atoms with E-state index in [1.807, 2.05) is 20.9 Å². The predicted octanol–water partition coefficient (Wildman–Crippen LogP) is 0.576. The van der Waals surface area contributed by atoms with Crippen molar-refractivity contribution in [3.8, 4) is 5.75 Å². The van der Waals surface area contributed by atoms with Crippen LogP contribution in [0.2, 0.25) is 0 Å². The topological polar surface area (TPSA) is 82.2 Å². The van der Waals surface area contributed by atoms with Crippen molar-refractivity contribution in [2.75, 3.05) is 6.61 Å². The first kappa shape index (κ1) is 13.5.